The molecule has 0 atom stereocenters. The summed E-state index contributed by atoms with van der Waals surface area (Å²) in [6.07, 6.45) is 0. The number of nitrogens with two attached hydrogens (primary N) is 1. The van der Waals surface area contributed by atoms with Gasteiger partial charge < -0.3 is 10.3 Å². The van der Waals surface area contributed by atoms with Crippen LogP contribution in [0.4, 0.5) is 10.1 Å². The van der Waals surface area contributed by atoms with Gasteiger partial charge in [0.25, 0.3) is 0 Å². The number of aromatic amines is 1. The molecule has 1 aromatic heterocycles. The lowest BCUT2D eigenvalue weighted by molar-refractivity contribution is 0.593. The Morgan fingerprint density at radius 3 is 2.68 bits per heavy atom. The molecule has 0 saturated heterocycles. The second-order valence-electron chi connectivity index (χ2n) is 3.71. The number of nitrogens with one attached hydrogen (secondary N) is 2. The van der Waals surface area contributed by atoms with Crippen molar-refractivity contribution in [2.45, 2.75) is 11.4 Å². The first kappa shape index (κ1) is 13.7. The molecule has 9 heteroatoms. The predicted octanol–water partition coefficient (Wildman–Crippen LogP) is 0.835. The first-order valence-corrected chi connectivity index (χ1v) is 7.52. The molecule has 1 heterocycles. The number of thiazole rings is 1. The second-order valence-corrected chi connectivity index (χ2v) is 6.12. The summed E-state index contributed by atoms with van der Waals surface area (Å²) >= 11 is 1.01. The van der Waals surface area contributed by atoms with E-state index in [4.69, 9.17) is 5.14 Å². The average molecular weight is 303 g/mol. The Labute approximate surface area is 112 Å². The lowest BCUT2D eigenvalue weighted by Gasteiger charge is -2.07. The van der Waals surface area contributed by atoms with Gasteiger partial charge in [0.2, 0.25) is 10.0 Å². The van der Waals surface area contributed by atoms with Gasteiger partial charge in [-0.15, -0.1) is 0 Å². The van der Waals surface area contributed by atoms with Crippen LogP contribution in [0.1, 0.15) is 5.69 Å². The van der Waals surface area contributed by atoms with Crippen molar-refractivity contribution in [2.24, 2.45) is 5.14 Å². The minimum Gasteiger partial charge on any atom is -0.377 e. The molecule has 19 heavy (non-hydrogen) atoms. The van der Waals surface area contributed by atoms with Crippen LogP contribution in [0.5, 0.6) is 0 Å². The summed E-state index contributed by atoms with van der Waals surface area (Å²) in [6, 6.07) is 3.32. The molecule has 2 aromatic rings. The van der Waals surface area contributed by atoms with E-state index in [1.807, 2.05) is 0 Å². The van der Waals surface area contributed by atoms with Gasteiger partial charge in [0.15, 0.2) is 0 Å². The minimum absolute atomic E-state index is 0.124. The highest BCUT2D eigenvalue weighted by Crippen LogP contribution is 2.18. The van der Waals surface area contributed by atoms with E-state index in [0.717, 1.165) is 17.4 Å². The molecule has 0 spiro atoms. The van der Waals surface area contributed by atoms with E-state index in [-0.39, 0.29) is 22.0 Å². The molecule has 6 nitrogen and oxygen atoms in total. The molecule has 0 fully saturated rings. The third-order valence-electron chi connectivity index (χ3n) is 2.31. The maximum Gasteiger partial charge on any atom is 0.304 e. The van der Waals surface area contributed by atoms with E-state index < -0.39 is 15.8 Å². The zero-order chi connectivity index (χ0) is 14.0. The van der Waals surface area contributed by atoms with Crippen molar-refractivity contribution >= 4 is 27.0 Å². The number of anilines is 1. The van der Waals surface area contributed by atoms with Crippen molar-refractivity contribution in [3.05, 3.63) is 44.8 Å². The Balaban J connectivity index is 2.16. The Hall–Kier alpha value is -1.71. The van der Waals surface area contributed by atoms with Crippen LogP contribution < -0.4 is 15.3 Å². The quantitative estimate of drug-likeness (QED) is 0.778. The maximum absolute atomic E-state index is 13.6. The topological polar surface area (TPSA) is 105 Å². The van der Waals surface area contributed by atoms with Crippen molar-refractivity contribution in [2.75, 3.05) is 5.32 Å². The van der Waals surface area contributed by atoms with Gasteiger partial charge in [0.05, 0.1) is 17.1 Å². The van der Waals surface area contributed by atoms with Gasteiger partial charge in [-0.1, -0.05) is 11.3 Å². The zero-order valence-electron chi connectivity index (χ0n) is 9.51. The smallest absolute Gasteiger partial charge is 0.304 e. The van der Waals surface area contributed by atoms with E-state index in [1.165, 1.54) is 12.1 Å². The molecular formula is C10H10FN3O3S2. The minimum atomic E-state index is -3.92. The largest absolute Gasteiger partial charge is 0.377 e. The molecule has 0 unspecified atom stereocenters. The number of aromatic nitrogens is 1. The molecule has 102 valence electrons. The van der Waals surface area contributed by atoms with Crippen molar-refractivity contribution in [3.8, 4) is 0 Å². The summed E-state index contributed by atoms with van der Waals surface area (Å²) in [6.45, 7) is 0.227. The van der Waals surface area contributed by atoms with Gasteiger partial charge in [-0.25, -0.2) is 17.9 Å². The Kier molecular flexibility index (Phi) is 3.69. The maximum atomic E-state index is 13.6. The fourth-order valence-electron chi connectivity index (χ4n) is 1.41. The first-order valence-electron chi connectivity index (χ1n) is 5.09. The SMILES string of the molecule is NS(=O)(=O)c1ccc(NCc2csc(=O)[nH]2)c(F)c1. The van der Waals surface area contributed by atoms with Crippen molar-refractivity contribution < 1.29 is 12.8 Å². The summed E-state index contributed by atoms with van der Waals surface area (Å²) < 4.78 is 35.7. The lowest BCUT2D eigenvalue weighted by Crippen LogP contribution is -2.13. The molecule has 0 bridgehead atoms. The molecule has 0 aliphatic carbocycles. The third kappa shape index (κ3) is 3.40. The number of primary sulfonamides is 1. The number of rotatable bonds is 4. The summed E-state index contributed by atoms with van der Waals surface area (Å²) in [4.78, 5) is 13.0. The van der Waals surface area contributed by atoms with Crippen LogP contribution in [0.25, 0.3) is 0 Å². The molecular weight excluding hydrogens is 293 g/mol. The van der Waals surface area contributed by atoms with Gasteiger partial charge in [-0.2, -0.15) is 0 Å². The van der Waals surface area contributed by atoms with Crippen LogP contribution >= 0.6 is 11.3 Å². The fraction of sp³-hybridized carbons (Fsp3) is 0.100. The molecule has 0 aliphatic heterocycles. The van der Waals surface area contributed by atoms with Crippen LogP contribution in [-0.4, -0.2) is 13.4 Å². The molecule has 4 N–H and O–H groups in total. The average Bonchev–Trinajstić information content (AvgIpc) is 2.72. The van der Waals surface area contributed by atoms with E-state index in [2.05, 4.69) is 10.3 Å². The van der Waals surface area contributed by atoms with Crippen molar-refractivity contribution in [1.29, 1.82) is 0 Å². The van der Waals surface area contributed by atoms with E-state index >= 15 is 0 Å². The fourth-order valence-corrected chi connectivity index (χ4v) is 2.51. The van der Waals surface area contributed by atoms with E-state index in [1.54, 1.807) is 5.38 Å². The van der Waals surface area contributed by atoms with Crippen LogP contribution in [0.15, 0.2) is 33.3 Å². The standard InChI is InChI=1S/C10H10FN3O3S2/c11-8-3-7(19(12,16)17)1-2-9(8)13-4-6-5-18-10(15)14-6/h1-3,5,13H,4H2,(H,14,15)(H2,12,16,17). The Morgan fingerprint density at radius 1 is 1.42 bits per heavy atom. The molecule has 0 amide bonds. The number of halogens is 1. The first-order chi connectivity index (χ1) is 8.86. The summed E-state index contributed by atoms with van der Waals surface area (Å²) in [7, 11) is -3.92. The predicted molar refractivity (Wildman–Crippen MR) is 70.0 cm³/mol. The van der Waals surface area contributed by atoms with Gasteiger partial charge in [-0.3, -0.25) is 4.79 Å². The zero-order valence-corrected chi connectivity index (χ0v) is 11.1. The number of hydrogen-bond acceptors (Lipinski definition) is 5. The van der Waals surface area contributed by atoms with Crippen molar-refractivity contribution in [3.63, 3.8) is 0 Å². The van der Waals surface area contributed by atoms with Gasteiger partial charge in [0.1, 0.15) is 5.82 Å². The summed E-state index contributed by atoms with van der Waals surface area (Å²) in [5, 5.41) is 9.25. The molecule has 2 rings (SSSR count). The third-order valence-corrected chi connectivity index (χ3v) is 3.94. The molecule has 1 aromatic carbocycles. The highest BCUT2D eigenvalue weighted by Gasteiger charge is 2.11. The highest BCUT2D eigenvalue weighted by atomic mass is 32.2. The van der Waals surface area contributed by atoms with E-state index in [0.29, 0.717) is 5.69 Å². The van der Waals surface area contributed by atoms with Crippen LogP contribution in [0.3, 0.4) is 0 Å². The van der Waals surface area contributed by atoms with Gasteiger partial charge in [-0.05, 0) is 18.2 Å². The monoisotopic (exact) mass is 303 g/mol. The second kappa shape index (κ2) is 5.11. The molecule has 0 saturated carbocycles. The summed E-state index contributed by atoms with van der Waals surface area (Å²) in [5.41, 5.74) is 0.740. The Bertz CT molecular complexity index is 751. The highest BCUT2D eigenvalue weighted by molar-refractivity contribution is 7.89. The molecule has 0 radical (unpaired) electrons. The van der Waals surface area contributed by atoms with Crippen molar-refractivity contribution in [1.82, 2.24) is 4.98 Å². The van der Waals surface area contributed by atoms with Gasteiger partial charge >= 0.3 is 4.87 Å². The molecule has 0 aliphatic rings. The number of sulfonamides is 1. The van der Waals surface area contributed by atoms with Gasteiger partial charge in [0, 0.05) is 11.1 Å². The summed E-state index contributed by atoms with van der Waals surface area (Å²) in [5.74, 6) is -0.732. The van der Waals surface area contributed by atoms with Crippen LogP contribution in [0, 0.1) is 5.82 Å². The van der Waals surface area contributed by atoms with E-state index in [9.17, 15) is 17.6 Å². The van der Waals surface area contributed by atoms with Crippen LogP contribution in [-0.2, 0) is 16.6 Å². The van der Waals surface area contributed by atoms with Crippen LogP contribution in [0.2, 0.25) is 0 Å². The lowest BCUT2D eigenvalue weighted by atomic mass is 10.3. The number of benzene rings is 1. The normalized spacial score (nSPS) is 11.5. The number of H-pyrrole nitrogens is 1. The number of hydrogen-bond donors (Lipinski definition) is 3. The Morgan fingerprint density at radius 2 is 2.16 bits per heavy atom.